The Bertz CT molecular complexity index is 430. The predicted molar refractivity (Wildman–Crippen MR) is 76.2 cm³/mol. The first kappa shape index (κ1) is 13.1. The van der Waals surface area contributed by atoms with E-state index >= 15 is 0 Å². The highest BCUT2D eigenvalue weighted by Gasteiger charge is 2.23. The lowest BCUT2D eigenvalue weighted by molar-refractivity contribution is 0.546. The summed E-state index contributed by atoms with van der Waals surface area (Å²) in [4.78, 5) is 9.29. The van der Waals surface area contributed by atoms with Crippen LogP contribution < -0.4 is 10.6 Å². The van der Waals surface area contributed by atoms with Gasteiger partial charge in [-0.2, -0.15) is 0 Å². The summed E-state index contributed by atoms with van der Waals surface area (Å²) in [7, 11) is 1.91. The van der Waals surface area contributed by atoms with Crippen LogP contribution in [0.1, 0.15) is 45.0 Å². The van der Waals surface area contributed by atoms with Crippen LogP contribution in [0.3, 0.4) is 0 Å². The first-order valence-electron chi connectivity index (χ1n) is 6.72. The first-order valence-corrected chi connectivity index (χ1v) is 6.72. The van der Waals surface area contributed by atoms with Gasteiger partial charge in [-0.3, -0.25) is 0 Å². The highest BCUT2D eigenvalue weighted by atomic mass is 15.1. The van der Waals surface area contributed by atoms with Crippen LogP contribution in [0.15, 0.2) is 0 Å². The van der Waals surface area contributed by atoms with Gasteiger partial charge in [0.2, 0.25) is 0 Å². The van der Waals surface area contributed by atoms with E-state index in [1.807, 2.05) is 7.05 Å². The molecule has 4 nitrogen and oxygen atoms in total. The summed E-state index contributed by atoms with van der Waals surface area (Å²) in [5.41, 5.74) is 1.07. The minimum absolute atomic E-state index is 0.0324. The van der Waals surface area contributed by atoms with E-state index < -0.39 is 0 Å². The molecule has 1 fully saturated rings. The maximum Gasteiger partial charge on any atom is 0.138 e. The number of anilines is 2. The second-order valence-corrected chi connectivity index (χ2v) is 6.19. The number of hydrogen-bond acceptors (Lipinski definition) is 4. The summed E-state index contributed by atoms with van der Waals surface area (Å²) < 4.78 is 0. The van der Waals surface area contributed by atoms with Crippen LogP contribution in [0.25, 0.3) is 0 Å². The molecule has 0 radical (unpaired) electrons. The van der Waals surface area contributed by atoms with Crippen LogP contribution in [0.4, 0.5) is 11.6 Å². The summed E-state index contributed by atoms with van der Waals surface area (Å²) >= 11 is 0. The van der Waals surface area contributed by atoms with Crippen LogP contribution in [-0.4, -0.2) is 23.6 Å². The molecule has 0 atom stereocenters. The molecule has 1 heterocycles. The Morgan fingerprint density at radius 3 is 2.28 bits per heavy atom. The molecular formula is C14H24N4. The SMILES string of the molecule is CNc1nc(C(C)(C)C)nc(NCC2CC2)c1C. The first-order chi connectivity index (χ1) is 8.41. The average Bonchev–Trinajstić information content (AvgIpc) is 3.10. The summed E-state index contributed by atoms with van der Waals surface area (Å²) in [6.45, 7) is 9.52. The van der Waals surface area contributed by atoms with Gasteiger partial charge in [0.05, 0.1) is 0 Å². The maximum absolute atomic E-state index is 4.69. The van der Waals surface area contributed by atoms with Crippen molar-refractivity contribution >= 4 is 11.6 Å². The van der Waals surface area contributed by atoms with Crippen molar-refractivity contribution in [1.29, 1.82) is 0 Å². The van der Waals surface area contributed by atoms with E-state index in [9.17, 15) is 0 Å². The highest BCUT2D eigenvalue weighted by molar-refractivity contribution is 5.57. The Morgan fingerprint density at radius 2 is 1.78 bits per heavy atom. The number of hydrogen-bond donors (Lipinski definition) is 2. The molecule has 1 aromatic rings. The Balaban J connectivity index is 2.29. The van der Waals surface area contributed by atoms with Crippen molar-refractivity contribution in [2.45, 2.75) is 46.0 Å². The van der Waals surface area contributed by atoms with Crippen molar-refractivity contribution in [3.8, 4) is 0 Å². The van der Waals surface area contributed by atoms with E-state index in [0.717, 1.165) is 35.5 Å². The van der Waals surface area contributed by atoms with Crippen LogP contribution >= 0.6 is 0 Å². The Morgan fingerprint density at radius 1 is 1.17 bits per heavy atom. The fourth-order valence-corrected chi connectivity index (χ4v) is 1.83. The molecule has 0 spiro atoms. The molecule has 0 aromatic carbocycles. The summed E-state index contributed by atoms with van der Waals surface area (Å²) in [5, 5.41) is 6.63. The molecule has 18 heavy (non-hydrogen) atoms. The lowest BCUT2D eigenvalue weighted by Crippen LogP contribution is -2.20. The van der Waals surface area contributed by atoms with Gasteiger partial charge in [-0.15, -0.1) is 0 Å². The fourth-order valence-electron chi connectivity index (χ4n) is 1.83. The van der Waals surface area contributed by atoms with Crippen LogP contribution in [-0.2, 0) is 5.41 Å². The molecule has 4 heteroatoms. The van der Waals surface area contributed by atoms with Crippen LogP contribution in [0.5, 0.6) is 0 Å². The smallest absolute Gasteiger partial charge is 0.138 e. The Kier molecular flexibility index (Phi) is 3.46. The number of nitrogens with one attached hydrogen (secondary N) is 2. The minimum atomic E-state index is -0.0324. The third-order valence-corrected chi connectivity index (χ3v) is 3.31. The number of nitrogens with zero attached hydrogens (tertiary/aromatic N) is 2. The van der Waals surface area contributed by atoms with Crippen molar-refractivity contribution in [3.63, 3.8) is 0 Å². The minimum Gasteiger partial charge on any atom is -0.373 e. The molecule has 1 aliphatic carbocycles. The van der Waals surface area contributed by atoms with Gasteiger partial charge in [0.25, 0.3) is 0 Å². The highest BCUT2D eigenvalue weighted by Crippen LogP contribution is 2.30. The van der Waals surface area contributed by atoms with Crippen molar-refractivity contribution in [1.82, 2.24) is 9.97 Å². The van der Waals surface area contributed by atoms with E-state index in [1.165, 1.54) is 12.8 Å². The van der Waals surface area contributed by atoms with Gasteiger partial charge >= 0.3 is 0 Å². The van der Waals surface area contributed by atoms with Gasteiger partial charge in [0.15, 0.2) is 0 Å². The van der Waals surface area contributed by atoms with Gasteiger partial charge in [-0.25, -0.2) is 9.97 Å². The van der Waals surface area contributed by atoms with Gasteiger partial charge in [0, 0.05) is 24.6 Å². The van der Waals surface area contributed by atoms with E-state index in [4.69, 9.17) is 0 Å². The maximum atomic E-state index is 4.69. The molecule has 2 rings (SSSR count). The Labute approximate surface area is 110 Å². The zero-order chi connectivity index (χ0) is 13.3. The summed E-state index contributed by atoms with van der Waals surface area (Å²) in [6, 6.07) is 0. The van der Waals surface area contributed by atoms with Crippen LogP contribution in [0, 0.1) is 12.8 Å². The normalized spacial score (nSPS) is 15.6. The third-order valence-electron chi connectivity index (χ3n) is 3.31. The van der Waals surface area contributed by atoms with Gasteiger partial charge in [0.1, 0.15) is 17.5 Å². The molecule has 0 unspecified atom stereocenters. The molecule has 2 N–H and O–H groups in total. The Hall–Kier alpha value is -1.32. The fraction of sp³-hybridized carbons (Fsp3) is 0.714. The van der Waals surface area contributed by atoms with Gasteiger partial charge in [-0.05, 0) is 25.7 Å². The number of rotatable bonds is 4. The molecule has 1 aromatic heterocycles. The van der Waals surface area contributed by atoms with Gasteiger partial charge < -0.3 is 10.6 Å². The number of aromatic nitrogens is 2. The monoisotopic (exact) mass is 248 g/mol. The molecule has 100 valence electrons. The van der Waals surface area contributed by atoms with E-state index in [1.54, 1.807) is 0 Å². The summed E-state index contributed by atoms with van der Waals surface area (Å²) in [5.74, 6) is 3.63. The zero-order valence-corrected chi connectivity index (χ0v) is 12.1. The molecular weight excluding hydrogens is 224 g/mol. The molecule has 0 saturated heterocycles. The molecule has 1 saturated carbocycles. The summed E-state index contributed by atoms with van der Waals surface area (Å²) in [6.07, 6.45) is 2.70. The standard InChI is InChI=1S/C14H24N4/c1-9-11(15-5)17-13(14(2,3)4)18-12(9)16-8-10-6-7-10/h10H,6-8H2,1-5H3,(H2,15,16,17,18). The quantitative estimate of drug-likeness (QED) is 0.860. The largest absolute Gasteiger partial charge is 0.373 e. The van der Waals surface area contributed by atoms with E-state index in [2.05, 4.69) is 48.3 Å². The second kappa shape index (κ2) is 4.75. The predicted octanol–water partition coefficient (Wildman–Crippen LogP) is 2.95. The van der Waals surface area contributed by atoms with Crippen molar-refractivity contribution in [3.05, 3.63) is 11.4 Å². The molecule has 0 aliphatic heterocycles. The van der Waals surface area contributed by atoms with Crippen LogP contribution in [0.2, 0.25) is 0 Å². The second-order valence-electron chi connectivity index (χ2n) is 6.19. The third kappa shape index (κ3) is 2.92. The molecule has 1 aliphatic rings. The van der Waals surface area contributed by atoms with Crippen molar-refractivity contribution in [2.24, 2.45) is 5.92 Å². The van der Waals surface area contributed by atoms with E-state index in [-0.39, 0.29) is 5.41 Å². The topological polar surface area (TPSA) is 49.8 Å². The zero-order valence-electron chi connectivity index (χ0n) is 12.1. The average molecular weight is 248 g/mol. The lowest BCUT2D eigenvalue weighted by Gasteiger charge is -2.20. The lowest BCUT2D eigenvalue weighted by atomic mass is 9.95. The van der Waals surface area contributed by atoms with Gasteiger partial charge in [-0.1, -0.05) is 20.8 Å². The molecule has 0 bridgehead atoms. The van der Waals surface area contributed by atoms with E-state index in [0.29, 0.717) is 0 Å². The van der Waals surface area contributed by atoms with Crippen molar-refractivity contribution in [2.75, 3.05) is 24.2 Å². The molecule has 0 amide bonds. The van der Waals surface area contributed by atoms with Crippen molar-refractivity contribution < 1.29 is 0 Å².